The first kappa shape index (κ1) is 14.7. The van der Waals surface area contributed by atoms with E-state index in [-0.39, 0.29) is 18.1 Å². The molecule has 0 aliphatic heterocycles. The van der Waals surface area contributed by atoms with Gasteiger partial charge in [-0.25, -0.2) is 5.84 Å². The minimum atomic E-state index is -0.176. The molecule has 2 unspecified atom stereocenters. The first-order valence-corrected chi connectivity index (χ1v) is 6.98. The predicted octanol–water partition coefficient (Wildman–Crippen LogP) is 0.519. The summed E-state index contributed by atoms with van der Waals surface area (Å²) in [5.41, 5.74) is 2.40. The predicted molar refractivity (Wildman–Crippen MR) is 75.3 cm³/mol. The lowest BCUT2D eigenvalue weighted by Gasteiger charge is -2.12. The molecular formula is C12H22N6O2. The van der Waals surface area contributed by atoms with Crippen LogP contribution in [0.5, 0.6) is 6.01 Å². The number of hydrogen-bond acceptors (Lipinski definition) is 8. The van der Waals surface area contributed by atoms with Gasteiger partial charge >= 0.3 is 6.01 Å². The van der Waals surface area contributed by atoms with Crippen molar-refractivity contribution < 1.29 is 9.84 Å². The van der Waals surface area contributed by atoms with Crippen molar-refractivity contribution >= 4 is 11.9 Å². The summed E-state index contributed by atoms with van der Waals surface area (Å²) in [6.45, 7) is 3.27. The molecule has 0 radical (unpaired) electrons. The number of hydrazine groups is 1. The van der Waals surface area contributed by atoms with Gasteiger partial charge in [-0.15, -0.1) is 0 Å². The highest BCUT2D eigenvalue weighted by molar-refractivity contribution is 5.34. The van der Waals surface area contributed by atoms with E-state index in [0.29, 0.717) is 18.5 Å². The topological polar surface area (TPSA) is 118 Å². The van der Waals surface area contributed by atoms with Gasteiger partial charge < -0.3 is 15.2 Å². The number of nitrogen functional groups attached to an aromatic ring is 1. The van der Waals surface area contributed by atoms with E-state index in [1.165, 1.54) is 0 Å². The number of anilines is 2. The van der Waals surface area contributed by atoms with Gasteiger partial charge in [-0.05, 0) is 31.6 Å². The van der Waals surface area contributed by atoms with Crippen LogP contribution in [0.1, 0.15) is 32.6 Å². The van der Waals surface area contributed by atoms with Gasteiger partial charge in [0, 0.05) is 6.54 Å². The second kappa shape index (κ2) is 7.20. The zero-order chi connectivity index (χ0) is 14.4. The molecule has 20 heavy (non-hydrogen) atoms. The molecule has 1 saturated carbocycles. The molecule has 1 aromatic rings. The van der Waals surface area contributed by atoms with Crippen molar-refractivity contribution in [1.82, 2.24) is 15.0 Å². The Kier molecular flexibility index (Phi) is 5.31. The fourth-order valence-electron chi connectivity index (χ4n) is 2.23. The van der Waals surface area contributed by atoms with Crippen molar-refractivity contribution in [3.05, 3.63) is 0 Å². The molecule has 1 aliphatic carbocycles. The SMILES string of the molecule is CCCOc1nc(NN)nc(NCC2CCC(O)C2)n1. The minimum Gasteiger partial charge on any atom is -0.463 e. The van der Waals surface area contributed by atoms with Crippen molar-refractivity contribution in [2.24, 2.45) is 11.8 Å². The average Bonchev–Trinajstić information content (AvgIpc) is 2.88. The Morgan fingerprint density at radius 2 is 2.10 bits per heavy atom. The summed E-state index contributed by atoms with van der Waals surface area (Å²) in [4.78, 5) is 12.3. The van der Waals surface area contributed by atoms with Crippen molar-refractivity contribution in [2.75, 3.05) is 23.9 Å². The van der Waals surface area contributed by atoms with Gasteiger partial charge in [-0.1, -0.05) is 6.92 Å². The van der Waals surface area contributed by atoms with Crippen LogP contribution >= 0.6 is 0 Å². The lowest BCUT2D eigenvalue weighted by molar-refractivity contribution is 0.178. The summed E-state index contributed by atoms with van der Waals surface area (Å²) in [6, 6.07) is 0.253. The molecule has 8 nitrogen and oxygen atoms in total. The fourth-order valence-corrected chi connectivity index (χ4v) is 2.23. The van der Waals surface area contributed by atoms with E-state index in [9.17, 15) is 5.11 Å². The monoisotopic (exact) mass is 282 g/mol. The molecule has 0 aromatic carbocycles. The summed E-state index contributed by atoms with van der Waals surface area (Å²) < 4.78 is 5.39. The molecule has 2 rings (SSSR count). The van der Waals surface area contributed by atoms with Crippen LogP contribution in [0.3, 0.4) is 0 Å². The molecule has 0 saturated heterocycles. The summed E-state index contributed by atoms with van der Waals surface area (Å²) >= 11 is 0. The quantitative estimate of drug-likeness (QED) is 0.422. The molecule has 2 atom stereocenters. The number of ether oxygens (including phenoxy) is 1. The van der Waals surface area contributed by atoms with Crippen LogP contribution in [0.25, 0.3) is 0 Å². The van der Waals surface area contributed by atoms with Gasteiger partial charge in [0.05, 0.1) is 12.7 Å². The number of rotatable bonds is 7. The number of nitrogens with one attached hydrogen (secondary N) is 2. The van der Waals surface area contributed by atoms with Crippen LogP contribution in [0.2, 0.25) is 0 Å². The normalized spacial score (nSPS) is 21.8. The summed E-state index contributed by atoms with van der Waals surface area (Å²) in [5, 5.41) is 12.7. The van der Waals surface area contributed by atoms with Crippen LogP contribution in [-0.4, -0.2) is 39.3 Å². The zero-order valence-corrected chi connectivity index (χ0v) is 11.7. The molecule has 5 N–H and O–H groups in total. The number of aromatic nitrogens is 3. The highest BCUT2D eigenvalue weighted by atomic mass is 16.5. The number of aliphatic hydroxyl groups excluding tert-OH is 1. The van der Waals surface area contributed by atoms with E-state index in [4.69, 9.17) is 10.6 Å². The fraction of sp³-hybridized carbons (Fsp3) is 0.750. The Labute approximate surface area is 118 Å². The lowest BCUT2D eigenvalue weighted by Crippen LogP contribution is -2.17. The van der Waals surface area contributed by atoms with Gasteiger partial charge in [0.15, 0.2) is 0 Å². The Bertz CT molecular complexity index is 430. The van der Waals surface area contributed by atoms with E-state index >= 15 is 0 Å². The van der Waals surface area contributed by atoms with Crippen molar-refractivity contribution in [3.63, 3.8) is 0 Å². The standard InChI is InChI=1S/C12H22N6O2/c1-2-5-20-12-16-10(15-11(17-12)18-13)14-7-8-3-4-9(19)6-8/h8-9,19H,2-7,13H2,1H3,(H2,14,15,16,17,18). The van der Waals surface area contributed by atoms with Crippen molar-refractivity contribution in [2.45, 2.75) is 38.7 Å². The molecule has 0 spiro atoms. The third-order valence-electron chi connectivity index (χ3n) is 3.24. The first-order chi connectivity index (χ1) is 9.71. The highest BCUT2D eigenvalue weighted by Gasteiger charge is 2.22. The molecule has 8 heteroatoms. The zero-order valence-electron chi connectivity index (χ0n) is 11.7. The summed E-state index contributed by atoms with van der Waals surface area (Å²) in [7, 11) is 0. The number of hydrogen-bond donors (Lipinski definition) is 4. The number of nitrogens with zero attached hydrogens (tertiary/aromatic N) is 3. The summed E-state index contributed by atoms with van der Waals surface area (Å²) in [6.07, 6.45) is 3.40. The Hall–Kier alpha value is -1.67. The third kappa shape index (κ3) is 4.17. The largest absolute Gasteiger partial charge is 0.463 e. The maximum absolute atomic E-state index is 9.50. The maximum Gasteiger partial charge on any atom is 0.323 e. The second-order valence-corrected chi connectivity index (χ2v) is 4.97. The van der Waals surface area contributed by atoms with E-state index in [2.05, 4.69) is 25.7 Å². The molecule has 0 amide bonds. The van der Waals surface area contributed by atoms with Crippen LogP contribution in [0.15, 0.2) is 0 Å². The maximum atomic E-state index is 9.50. The van der Waals surface area contributed by atoms with Gasteiger partial charge in [0.25, 0.3) is 0 Å². The molecule has 1 fully saturated rings. The Morgan fingerprint density at radius 3 is 2.75 bits per heavy atom. The molecule has 1 heterocycles. The second-order valence-electron chi connectivity index (χ2n) is 4.97. The van der Waals surface area contributed by atoms with Gasteiger partial charge in [-0.2, -0.15) is 15.0 Å². The average molecular weight is 282 g/mol. The Balaban J connectivity index is 1.95. The van der Waals surface area contributed by atoms with Gasteiger partial charge in [0.2, 0.25) is 11.9 Å². The molecule has 0 bridgehead atoms. The van der Waals surface area contributed by atoms with E-state index in [1.54, 1.807) is 0 Å². The van der Waals surface area contributed by atoms with Gasteiger partial charge in [-0.3, -0.25) is 5.43 Å². The molecular weight excluding hydrogens is 260 g/mol. The van der Waals surface area contributed by atoms with Crippen LogP contribution in [0.4, 0.5) is 11.9 Å². The highest BCUT2D eigenvalue weighted by Crippen LogP contribution is 2.25. The molecule has 112 valence electrons. The van der Waals surface area contributed by atoms with E-state index in [0.717, 1.165) is 32.2 Å². The van der Waals surface area contributed by atoms with E-state index in [1.807, 2.05) is 6.92 Å². The molecule has 1 aliphatic rings. The number of aliphatic hydroxyl groups is 1. The Morgan fingerprint density at radius 1 is 1.30 bits per heavy atom. The molecule has 1 aromatic heterocycles. The minimum absolute atomic E-state index is 0.176. The van der Waals surface area contributed by atoms with E-state index < -0.39 is 0 Å². The number of nitrogens with two attached hydrogens (primary N) is 1. The van der Waals surface area contributed by atoms with Gasteiger partial charge in [0.1, 0.15) is 0 Å². The van der Waals surface area contributed by atoms with Crippen LogP contribution in [0, 0.1) is 5.92 Å². The van der Waals surface area contributed by atoms with Crippen molar-refractivity contribution in [1.29, 1.82) is 0 Å². The smallest absolute Gasteiger partial charge is 0.323 e. The summed E-state index contributed by atoms with van der Waals surface area (Å²) in [5.74, 6) is 6.47. The van der Waals surface area contributed by atoms with Crippen LogP contribution in [-0.2, 0) is 0 Å². The van der Waals surface area contributed by atoms with Crippen LogP contribution < -0.4 is 21.3 Å². The first-order valence-electron chi connectivity index (χ1n) is 6.98. The van der Waals surface area contributed by atoms with Crippen molar-refractivity contribution in [3.8, 4) is 6.01 Å². The lowest BCUT2D eigenvalue weighted by atomic mass is 10.1. The third-order valence-corrected chi connectivity index (χ3v) is 3.24.